The van der Waals surface area contributed by atoms with E-state index in [1.807, 2.05) is 13.0 Å². The Labute approximate surface area is 105 Å². The fourth-order valence-electron chi connectivity index (χ4n) is 3.07. The summed E-state index contributed by atoms with van der Waals surface area (Å²) in [7, 11) is 0. The molecule has 1 fully saturated rings. The molecule has 0 spiro atoms. The van der Waals surface area contributed by atoms with Gasteiger partial charge in [0.25, 0.3) is 0 Å². The number of furan rings is 1. The minimum absolute atomic E-state index is 0.316. The van der Waals surface area contributed by atoms with E-state index in [2.05, 4.69) is 32.2 Å². The summed E-state index contributed by atoms with van der Waals surface area (Å²) in [4.78, 5) is 0. The molecule has 0 bridgehead atoms. The van der Waals surface area contributed by atoms with Crippen LogP contribution in [0.5, 0.6) is 0 Å². The molecule has 1 heterocycles. The first kappa shape index (κ1) is 12.7. The van der Waals surface area contributed by atoms with Gasteiger partial charge in [-0.25, -0.2) is 0 Å². The second-order valence-corrected chi connectivity index (χ2v) is 5.75. The average Bonchev–Trinajstić information content (AvgIpc) is 2.70. The van der Waals surface area contributed by atoms with E-state index in [0.717, 1.165) is 23.4 Å². The smallest absolute Gasteiger partial charge is 0.120 e. The van der Waals surface area contributed by atoms with Crippen LogP contribution in [0.15, 0.2) is 16.5 Å². The zero-order valence-electron chi connectivity index (χ0n) is 11.5. The number of hydrogen-bond acceptors (Lipinski definition) is 2. The highest BCUT2D eigenvalue weighted by Crippen LogP contribution is 2.30. The van der Waals surface area contributed by atoms with Crippen molar-refractivity contribution >= 4 is 0 Å². The first-order valence-electron chi connectivity index (χ1n) is 6.90. The summed E-state index contributed by atoms with van der Waals surface area (Å²) in [6, 6.07) is 5.08. The molecule has 0 radical (unpaired) electrons. The van der Waals surface area contributed by atoms with Gasteiger partial charge in [0.2, 0.25) is 0 Å². The SMILES string of the molecule is Cc1ccc(C(C)NC2C(C)CCCC2C)o1. The Hall–Kier alpha value is -0.760. The summed E-state index contributed by atoms with van der Waals surface area (Å²) in [5.41, 5.74) is 0. The maximum Gasteiger partial charge on any atom is 0.120 e. The van der Waals surface area contributed by atoms with Crippen LogP contribution >= 0.6 is 0 Å². The summed E-state index contributed by atoms with van der Waals surface area (Å²) in [5.74, 6) is 3.61. The van der Waals surface area contributed by atoms with Crippen LogP contribution in [0.4, 0.5) is 0 Å². The van der Waals surface area contributed by atoms with E-state index in [9.17, 15) is 0 Å². The predicted octanol–water partition coefficient (Wildman–Crippen LogP) is 4.06. The van der Waals surface area contributed by atoms with Gasteiger partial charge in [0.05, 0.1) is 6.04 Å². The van der Waals surface area contributed by atoms with Crippen molar-refractivity contribution in [3.05, 3.63) is 23.7 Å². The standard InChI is InChI=1S/C15H25NO/c1-10-6-5-7-11(2)15(10)16-13(4)14-9-8-12(3)17-14/h8-11,13,15-16H,5-7H2,1-4H3. The molecule has 1 aliphatic rings. The Balaban J connectivity index is 1.99. The highest BCUT2D eigenvalue weighted by atomic mass is 16.3. The molecule has 17 heavy (non-hydrogen) atoms. The van der Waals surface area contributed by atoms with Gasteiger partial charge < -0.3 is 9.73 Å². The minimum atomic E-state index is 0.316. The molecule has 1 aliphatic carbocycles. The average molecular weight is 235 g/mol. The third-order valence-electron chi connectivity index (χ3n) is 4.18. The van der Waals surface area contributed by atoms with Crippen LogP contribution in [0.25, 0.3) is 0 Å². The van der Waals surface area contributed by atoms with Crippen molar-refractivity contribution in [3.8, 4) is 0 Å². The lowest BCUT2D eigenvalue weighted by molar-refractivity contribution is 0.190. The monoisotopic (exact) mass is 235 g/mol. The van der Waals surface area contributed by atoms with E-state index in [-0.39, 0.29) is 0 Å². The summed E-state index contributed by atoms with van der Waals surface area (Å²) < 4.78 is 5.69. The normalized spacial score (nSPS) is 31.4. The number of aryl methyl sites for hydroxylation is 1. The van der Waals surface area contributed by atoms with Crippen LogP contribution in [-0.2, 0) is 0 Å². The Kier molecular flexibility index (Phi) is 3.93. The van der Waals surface area contributed by atoms with Gasteiger partial charge in [0.15, 0.2) is 0 Å². The van der Waals surface area contributed by atoms with E-state index < -0.39 is 0 Å². The van der Waals surface area contributed by atoms with Crippen molar-refractivity contribution in [1.82, 2.24) is 5.32 Å². The van der Waals surface area contributed by atoms with E-state index in [1.54, 1.807) is 0 Å². The molecule has 3 atom stereocenters. The van der Waals surface area contributed by atoms with Crippen molar-refractivity contribution in [2.45, 2.75) is 59.0 Å². The van der Waals surface area contributed by atoms with Crippen molar-refractivity contribution in [1.29, 1.82) is 0 Å². The summed E-state index contributed by atoms with van der Waals surface area (Å²) in [6.07, 6.45) is 4.09. The zero-order chi connectivity index (χ0) is 12.4. The first-order chi connectivity index (χ1) is 8.08. The van der Waals surface area contributed by atoms with Gasteiger partial charge in [0.1, 0.15) is 11.5 Å². The lowest BCUT2D eigenvalue weighted by Crippen LogP contribution is -2.43. The van der Waals surface area contributed by atoms with Crippen LogP contribution < -0.4 is 5.32 Å². The zero-order valence-corrected chi connectivity index (χ0v) is 11.5. The third kappa shape index (κ3) is 2.92. The quantitative estimate of drug-likeness (QED) is 0.854. The Morgan fingerprint density at radius 1 is 1.24 bits per heavy atom. The molecule has 0 saturated heterocycles. The lowest BCUT2D eigenvalue weighted by atomic mass is 9.78. The Morgan fingerprint density at radius 2 is 1.88 bits per heavy atom. The van der Waals surface area contributed by atoms with Gasteiger partial charge in [-0.2, -0.15) is 0 Å². The maximum absolute atomic E-state index is 5.69. The molecule has 0 aliphatic heterocycles. The van der Waals surface area contributed by atoms with Gasteiger partial charge in [-0.15, -0.1) is 0 Å². The highest BCUT2D eigenvalue weighted by molar-refractivity contribution is 5.09. The van der Waals surface area contributed by atoms with Crippen LogP contribution in [0.2, 0.25) is 0 Å². The maximum atomic E-state index is 5.69. The van der Waals surface area contributed by atoms with Crippen molar-refractivity contribution in [3.63, 3.8) is 0 Å². The van der Waals surface area contributed by atoms with Crippen LogP contribution in [-0.4, -0.2) is 6.04 Å². The number of hydrogen-bond donors (Lipinski definition) is 1. The molecule has 1 saturated carbocycles. The van der Waals surface area contributed by atoms with Crippen molar-refractivity contribution in [2.75, 3.05) is 0 Å². The molecule has 2 rings (SSSR count). The first-order valence-corrected chi connectivity index (χ1v) is 6.90. The van der Waals surface area contributed by atoms with Crippen molar-refractivity contribution < 1.29 is 4.42 Å². The summed E-state index contributed by atoms with van der Waals surface area (Å²) >= 11 is 0. The second kappa shape index (κ2) is 5.26. The van der Waals surface area contributed by atoms with Crippen LogP contribution in [0, 0.1) is 18.8 Å². The Bertz CT molecular complexity index is 348. The summed E-state index contributed by atoms with van der Waals surface area (Å²) in [6.45, 7) is 8.94. The van der Waals surface area contributed by atoms with Crippen LogP contribution in [0.1, 0.15) is 57.6 Å². The largest absolute Gasteiger partial charge is 0.465 e. The van der Waals surface area contributed by atoms with Gasteiger partial charge in [-0.1, -0.05) is 20.3 Å². The topological polar surface area (TPSA) is 25.2 Å². The Morgan fingerprint density at radius 3 is 2.41 bits per heavy atom. The lowest BCUT2D eigenvalue weighted by Gasteiger charge is -2.36. The van der Waals surface area contributed by atoms with Crippen molar-refractivity contribution in [2.24, 2.45) is 11.8 Å². The molecule has 1 N–H and O–H groups in total. The number of rotatable bonds is 3. The molecule has 2 nitrogen and oxygen atoms in total. The predicted molar refractivity (Wildman–Crippen MR) is 71.0 cm³/mol. The van der Waals surface area contributed by atoms with E-state index >= 15 is 0 Å². The minimum Gasteiger partial charge on any atom is -0.465 e. The van der Waals surface area contributed by atoms with E-state index in [0.29, 0.717) is 12.1 Å². The fraction of sp³-hybridized carbons (Fsp3) is 0.733. The molecule has 0 amide bonds. The molecular formula is C15H25NO. The van der Waals surface area contributed by atoms with Gasteiger partial charge in [-0.3, -0.25) is 0 Å². The molecular weight excluding hydrogens is 210 g/mol. The number of nitrogens with one attached hydrogen (secondary N) is 1. The van der Waals surface area contributed by atoms with E-state index in [1.165, 1.54) is 19.3 Å². The summed E-state index contributed by atoms with van der Waals surface area (Å²) in [5, 5.41) is 3.75. The van der Waals surface area contributed by atoms with Gasteiger partial charge in [-0.05, 0) is 50.7 Å². The van der Waals surface area contributed by atoms with E-state index in [4.69, 9.17) is 4.42 Å². The van der Waals surface area contributed by atoms with Gasteiger partial charge >= 0.3 is 0 Å². The third-order valence-corrected chi connectivity index (χ3v) is 4.18. The fourth-order valence-corrected chi connectivity index (χ4v) is 3.07. The van der Waals surface area contributed by atoms with Gasteiger partial charge in [0, 0.05) is 6.04 Å². The molecule has 1 aromatic heterocycles. The highest BCUT2D eigenvalue weighted by Gasteiger charge is 2.29. The molecule has 2 heteroatoms. The molecule has 0 aromatic carbocycles. The molecule has 96 valence electrons. The van der Waals surface area contributed by atoms with Crippen LogP contribution in [0.3, 0.4) is 0 Å². The second-order valence-electron chi connectivity index (χ2n) is 5.75. The molecule has 3 unspecified atom stereocenters. The molecule has 1 aromatic rings.